The fourth-order valence-electron chi connectivity index (χ4n) is 4.19. The van der Waals surface area contributed by atoms with Crippen molar-refractivity contribution in [3.8, 4) is 5.75 Å². The quantitative estimate of drug-likeness (QED) is 0.308. The van der Waals surface area contributed by atoms with Gasteiger partial charge >= 0.3 is 0 Å². The van der Waals surface area contributed by atoms with Crippen molar-refractivity contribution in [3.63, 3.8) is 0 Å². The van der Waals surface area contributed by atoms with Crippen molar-refractivity contribution >= 4 is 21.8 Å². The maximum Gasteiger partial charge on any atom is 0.256 e. The van der Waals surface area contributed by atoms with E-state index in [4.69, 9.17) is 4.74 Å². The number of carbonyl (C=O) groups is 2. The summed E-state index contributed by atoms with van der Waals surface area (Å²) in [7, 11) is -0.918. The Balaban J connectivity index is 2.31. The van der Waals surface area contributed by atoms with E-state index in [0.29, 0.717) is 25.3 Å². The number of rotatable bonds is 10. The van der Waals surface area contributed by atoms with Crippen molar-refractivity contribution in [2.24, 2.45) is 17.8 Å². The lowest BCUT2D eigenvalue weighted by atomic mass is 9.83. The highest BCUT2D eigenvalue weighted by molar-refractivity contribution is 7.89. The molecule has 1 saturated heterocycles. The Hall–Kier alpha value is -2.17. The number of sulfonamides is 1. The molecule has 32 heavy (non-hydrogen) atoms. The minimum atomic E-state index is -3.85. The zero-order valence-corrected chi connectivity index (χ0v) is 20.1. The topological polar surface area (TPSA) is 116 Å². The molecule has 1 heterocycles. The lowest BCUT2D eigenvalue weighted by Gasteiger charge is -2.34. The fourth-order valence-corrected chi connectivity index (χ4v) is 5.41. The summed E-state index contributed by atoms with van der Waals surface area (Å²) in [5.41, 5.74) is 1.63. The summed E-state index contributed by atoms with van der Waals surface area (Å²) >= 11 is 0. The molecule has 2 rings (SSSR count). The van der Waals surface area contributed by atoms with Crippen molar-refractivity contribution in [2.45, 2.75) is 44.4 Å². The molecule has 1 aromatic carbocycles. The van der Waals surface area contributed by atoms with Gasteiger partial charge in [0, 0.05) is 26.7 Å². The lowest BCUT2D eigenvalue weighted by molar-refractivity contribution is -0.149. The third-order valence-electron chi connectivity index (χ3n) is 5.83. The van der Waals surface area contributed by atoms with Crippen LogP contribution in [0, 0.1) is 17.8 Å². The van der Waals surface area contributed by atoms with E-state index < -0.39 is 27.8 Å². The van der Waals surface area contributed by atoms with Crippen molar-refractivity contribution in [2.75, 3.05) is 33.8 Å². The highest BCUT2D eigenvalue weighted by Crippen LogP contribution is 2.28. The molecule has 0 radical (unpaired) electrons. The van der Waals surface area contributed by atoms with Crippen molar-refractivity contribution < 1.29 is 28.0 Å². The van der Waals surface area contributed by atoms with E-state index in [1.807, 2.05) is 13.8 Å². The number of nitrogens with zero attached hydrogens (tertiary/aromatic N) is 2. The van der Waals surface area contributed by atoms with Crippen LogP contribution in [-0.4, -0.2) is 68.4 Å². The molecular weight excluding hydrogens is 434 g/mol. The number of amides is 2. The Kier molecular flexibility index (Phi) is 9.47. The first kappa shape index (κ1) is 26.1. The van der Waals surface area contributed by atoms with Crippen molar-refractivity contribution in [1.29, 1.82) is 0 Å². The SMILES string of the molecule is COc1ccc(S(=O)(=O)N(C)C[C@H](CC(C)C)[C@H](C(=O)NO)C(=O)N2CCCCC2)cc1. The predicted octanol–water partition coefficient (Wildman–Crippen LogP) is 2.11. The number of benzene rings is 1. The fraction of sp³-hybridized carbons (Fsp3) is 0.636. The van der Waals surface area contributed by atoms with Crippen molar-refractivity contribution in [3.05, 3.63) is 24.3 Å². The van der Waals surface area contributed by atoms with Gasteiger partial charge in [0.25, 0.3) is 5.91 Å². The van der Waals surface area contributed by atoms with Gasteiger partial charge in [-0.15, -0.1) is 0 Å². The number of carbonyl (C=O) groups excluding carboxylic acids is 2. The van der Waals surface area contributed by atoms with Gasteiger partial charge in [0.1, 0.15) is 11.7 Å². The number of likely N-dealkylation sites (tertiary alicyclic amines) is 1. The molecule has 1 aromatic rings. The van der Waals surface area contributed by atoms with Crippen LogP contribution in [0.5, 0.6) is 5.75 Å². The molecular formula is C22H35N3O6S. The molecule has 10 heteroatoms. The molecule has 2 amide bonds. The second kappa shape index (κ2) is 11.6. The molecule has 9 nitrogen and oxygen atoms in total. The summed E-state index contributed by atoms with van der Waals surface area (Å²) in [5.74, 6) is -2.29. The molecule has 1 aliphatic rings. The third-order valence-corrected chi connectivity index (χ3v) is 7.67. The zero-order chi connectivity index (χ0) is 23.9. The Morgan fingerprint density at radius 2 is 1.75 bits per heavy atom. The van der Waals surface area contributed by atoms with Gasteiger partial charge in [0.2, 0.25) is 15.9 Å². The third kappa shape index (κ3) is 6.43. The number of hydrogen-bond acceptors (Lipinski definition) is 6. The van der Waals surface area contributed by atoms with Crippen LogP contribution in [0.2, 0.25) is 0 Å². The number of methoxy groups -OCH3 is 1. The van der Waals surface area contributed by atoms with Gasteiger partial charge in [-0.25, -0.2) is 18.2 Å². The lowest BCUT2D eigenvalue weighted by Crippen LogP contribution is -2.50. The van der Waals surface area contributed by atoms with Crippen LogP contribution in [0.15, 0.2) is 29.2 Å². The van der Waals surface area contributed by atoms with Gasteiger partial charge in [-0.1, -0.05) is 13.8 Å². The van der Waals surface area contributed by atoms with Gasteiger partial charge in [-0.2, -0.15) is 0 Å². The molecule has 0 aliphatic carbocycles. The molecule has 0 bridgehead atoms. The first-order chi connectivity index (χ1) is 15.1. The summed E-state index contributed by atoms with van der Waals surface area (Å²) in [6, 6.07) is 6.04. The van der Waals surface area contributed by atoms with Crippen LogP contribution in [0.25, 0.3) is 0 Å². The van der Waals surface area contributed by atoms with E-state index in [1.54, 1.807) is 22.5 Å². The Bertz CT molecular complexity index is 866. The molecule has 1 fully saturated rings. The normalized spacial score (nSPS) is 16.7. The van der Waals surface area contributed by atoms with E-state index in [0.717, 1.165) is 19.3 Å². The predicted molar refractivity (Wildman–Crippen MR) is 120 cm³/mol. The van der Waals surface area contributed by atoms with E-state index in [2.05, 4.69) is 0 Å². The van der Waals surface area contributed by atoms with Crippen LogP contribution >= 0.6 is 0 Å². The van der Waals surface area contributed by atoms with Crippen LogP contribution in [-0.2, 0) is 19.6 Å². The van der Waals surface area contributed by atoms with E-state index in [9.17, 15) is 23.2 Å². The van der Waals surface area contributed by atoms with Gasteiger partial charge < -0.3 is 9.64 Å². The Morgan fingerprint density at radius 3 is 2.25 bits per heavy atom. The van der Waals surface area contributed by atoms with E-state index >= 15 is 0 Å². The monoisotopic (exact) mass is 469 g/mol. The molecule has 0 saturated carbocycles. The second-order valence-corrected chi connectivity index (χ2v) is 10.7. The molecule has 2 N–H and O–H groups in total. The average molecular weight is 470 g/mol. The average Bonchev–Trinajstić information content (AvgIpc) is 2.79. The summed E-state index contributed by atoms with van der Waals surface area (Å²) in [4.78, 5) is 27.6. The number of hydroxylamine groups is 1. The van der Waals surface area contributed by atoms with Gasteiger partial charge in [0.15, 0.2) is 0 Å². The summed E-state index contributed by atoms with van der Waals surface area (Å²) in [6.07, 6.45) is 3.19. The van der Waals surface area contributed by atoms with E-state index in [1.165, 1.54) is 30.6 Å². The first-order valence-corrected chi connectivity index (χ1v) is 12.4. The van der Waals surface area contributed by atoms with Gasteiger partial charge in [-0.3, -0.25) is 14.8 Å². The Morgan fingerprint density at radius 1 is 1.16 bits per heavy atom. The maximum absolute atomic E-state index is 13.3. The Labute approximate surface area is 190 Å². The number of ether oxygens (including phenoxy) is 1. The molecule has 0 aromatic heterocycles. The minimum Gasteiger partial charge on any atom is -0.497 e. The largest absolute Gasteiger partial charge is 0.497 e. The maximum atomic E-state index is 13.3. The van der Waals surface area contributed by atoms with Gasteiger partial charge in [0.05, 0.1) is 12.0 Å². The molecule has 0 spiro atoms. The minimum absolute atomic E-state index is 0.0375. The van der Waals surface area contributed by atoms with Gasteiger partial charge in [-0.05, 0) is 61.8 Å². The molecule has 180 valence electrons. The summed E-state index contributed by atoms with van der Waals surface area (Å²) in [6.45, 7) is 4.98. The van der Waals surface area contributed by atoms with Crippen LogP contribution < -0.4 is 10.2 Å². The highest BCUT2D eigenvalue weighted by atomic mass is 32.2. The van der Waals surface area contributed by atoms with Crippen molar-refractivity contribution in [1.82, 2.24) is 14.7 Å². The first-order valence-electron chi connectivity index (χ1n) is 10.9. The van der Waals surface area contributed by atoms with Crippen LogP contribution in [0.1, 0.15) is 39.5 Å². The summed E-state index contributed by atoms with van der Waals surface area (Å²) in [5, 5.41) is 9.34. The summed E-state index contributed by atoms with van der Waals surface area (Å²) < 4.78 is 32.5. The molecule has 2 atom stereocenters. The number of hydrogen-bond donors (Lipinski definition) is 2. The molecule has 1 aliphatic heterocycles. The smallest absolute Gasteiger partial charge is 0.256 e. The van der Waals surface area contributed by atoms with E-state index in [-0.39, 0.29) is 23.3 Å². The highest BCUT2D eigenvalue weighted by Gasteiger charge is 2.40. The zero-order valence-electron chi connectivity index (χ0n) is 19.3. The van der Waals surface area contributed by atoms with Crippen LogP contribution in [0.3, 0.4) is 0 Å². The standard InChI is InChI=1S/C22H35N3O6S/c1-16(2)14-17(20(21(26)23-28)22(27)25-12-6-5-7-13-25)15-24(3)32(29,30)19-10-8-18(31-4)9-11-19/h8-11,16-17,20,28H,5-7,12-15H2,1-4H3,(H,23,26)/t17-,20+/m0/s1. The van der Waals surface area contributed by atoms with Crippen LogP contribution in [0.4, 0.5) is 0 Å². The second-order valence-electron chi connectivity index (χ2n) is 8.69. The number of nitrogens with one attached hydrogen (secondary N) is 1. The molecule has 0 unspecified atom stereocenters. The number of piperidine rings is 1.